The highest BCUT2D eigenvalue weighted by atomic mass is 32.1. The molecule has 2 aromatic heterocycles. The van der Waals surface area contributed by atoms with Crippen LogP contribution >= 0.6 is 11.3 Å². The summed E-state index contributed by atoms with van der Waals surface area (Å²) in [6, 6.07) is 2.38. The van der Waals surface area contributed by atoms with Crippen molar-refractivity contribution in [3.63, 3.8) is 0 Å². The molecule has 2 rings (SSSR count). The van der Waals surface area contributed by atoms with E-state index in [0.717, 1.165) is 24.4 Å². The largest absolute Gasteiger partial charge is 0.305 e. The number of rotatable bonds is 5. The van der Waals surface area contributed by atoms with Crippen LogP contribution in [0.15, 0.2) is 23.8 Å². The Morgan fingerprint density at radius 1 is 1.28 bits per heavy atom. The van der Waals surface area contributed by atoms with Crippen LogP contribution in [0.2, 0.25) is 0 Å². The van der Waals surface area contributed by atoms with Crippen molar-refractivity contribution in [3.8, 4) is 0 Å². The predicted octanol–water partition coefficient (Wildman–Crippen LogP) is 3.24. The van der Waals surface area contributed by atoms with Crippen molar-refractivity contribution < 1.29 is 0 Å². The second-order valence-electron chi connectivity index (χ2n) is 4.46. The third-order valence-corrected chi connectivity index (χ3v) is 3.66. The summed E-state index contributed by atoms with van der Waals surface area (Å²) in [6.07, 6.45) is 4.81. The molecule has 0 spiro atoms. The van der Waals surface area contributed by atoms with E-state index >= 15 is 0 Å². The van der Waals surface area contributed by atoms with E-state index in [2.05, 4.69) is 40.6 Å². The molecule has 2 aromatic rings. The van der Waals surface area contributed by atoms with Gasteiger partial charge in [-0.3, -0.25) is 9.97 Å². The number of nitrogens with one attached hydrogen (secondary N) is 1. The summed E-state index contributed by atoms with van der Waals surface area (Å²) in [5.41, 5.74) is 3.23. The van der Waals surface area contributed by atoms with E-state index in [9.17, 15) is 0 Å². The molecule has 0 saturated heterocycles. The van der Waals surface area contributed by atoms with Gasteiger partial charge >= 0.3 is 0 Å². The first-order valence-electron chi connectivity index (χ1n) is 6.27. The second kappa shape index (κ2) is 6.07. The standard InChI is InChI=1S/C14H19N3S/c1-4-5-15-14(12-6-11(3)18-9-12)13-8-16-10(2)7-17-13/h6-9,14-15H,4-5H2,1-3H3. The SMILES string of the molecule is CCCNC(c1csc(C)c1)c1cnc(C)cn1. The fourth-order valence-corrected chi connectivity index (χ4v) is 2.58. The van der Waals surface area contributed by atoms with Gasteiger partial charge in [0.2, 0.25) is 0 Å². The molecule has 0 aliphatic rings. The maximum Gasteiger partial charge on any atom is 0.0802 e. The minimum Gasteiger partial charge on any atom is -0.305 e. The highest BCUT2D eigenvalue weighted by Gasteiger charge is 2.16. The van der Waals surface area contributed by atoms with Crippen molar-refractivity contribution >= 4 is 11.3 Å². The molecule has 0 fully saturated rings. The third kappa shape index (κ3) is 3.15. The number of thiophene rings is 1. The van der Waals surface area contributed by atoms with Crippen LogP contribution < -0.4 is 5.32 Å². The van der Waals surface area contributed by atoms with Gasteiger partial charge in [0.15, 0.2) is 0 Å². The van der Waals surface area contributed by atoms with E-state index in [0.29, 0.717) is 0 Å². The smallest absolute Gasteiger partial charge is 0.0802 e. The lowest BCUT2D eigenvalue weighted by atomic mass is 10.1. The number of aromatic nitrogens is 2. The van der Waals surface area contributed by atoms with E-state index < -0.39 is 0 Å². The van der Waals surface area contributed by atoms with Gasteiger partial charge < -0.3 is 5.32 Å². The predicted molar refractivity (Wildman–Crippen MR) is 76.0 cm³/mol. The summed E-state index contributed by atoms with van der Waals surface area (Å²) >= 11 is 1.78. The quantitative estimate of drug-likeness (QED) is 0.898. The highest BCUT2D eigenvalue weighted by molar-refractivity contribution is 7.10. The van der Waals surface area contributed by atoms with Crippen molar-refractivity contribution in [3.05, 3.63) is 45.7 Å². The summed E-state index contributed by atoms with van der Waals surface area (Å²) in [4.78, 5) is 10.2. The summed E-state index contributed by atoms with van der Waals surface area (Å²) in [6.45, 7) is 7.24. The van der Waals surface area contributed by atoms with Gasteiger partial charge in [0, 0.05) is 11.1 Å². The number of hydrogen-bond donors (Lipinski definition) is 1. The Morgan fingerprint density at radius 2 is 2.11 bits per heavy atom. The van der Waals surface area contributed by atoms with Crippen LogP contribution in [0, 0.1) is 13.8 Å². The molecular formula is C14H19N3S. The second-order valence-corrected chi connectivity index (χ2v) is 5.58. The van der Waals surface area contributed by atoms with Crippen LogP contribution in [-0.4, -0.2) is 16.5 Å². The Bertz CT molecular complexity index is 490. The highest BCUT2D eigenvalue weighted by Crippen LogP contribution is 2.24. The van der Waals surface area contributed by atoms with Crippen LogP contribution in [0.3, 0.4) is 0 Å². The number of nitrogens with zero attached hydrogens (tertiary/aromatic N) is 2. The third-order valence-electron chi connectivity index (χ3n) is 2.78. The molecule has 0 amide bonds. The fraction of sp³-hybridized carbons (Fsp3) is 0.429. The average molecular weight is 261 g/mol. The molecule has 1 N–H and O–H groups in total. The van der Waals surface area contributed by atoms with Gasteiger partial charge in [-0.15, -0.1) is 11.3 Å². The molecule has 18 heavy (non-hydrogen) atoms. The number of hydrogen-bond acceptors (Lipinski definition) is 4. The molecule has 0 bridgehead atoms. The summed E-state index contributed by atoms with van der Waals surface area (Å²) in [5.74, 6) is 0. The molecule has 0 aromatic carbocycles. The van der Waals surface area contributed by atoms with E-state index in [4.69, 9.17) is 0 Å². The fourth-order valence-electron chi connectivity index (χ4n) is 1.85. The topological polar surface area (TPSA) is 37.8 Å². The van der Waals surface area contributed by atoms with Crippen LogP contribution in [-0.2, 0) is 0 Å². The Kier molecular flexibility index (Phi) is 4.44. The number of aryl methyl sites for hydroxylation is 2. The van der Waals surface area contributed by atoms with Crippen molar-refractivity contribution in [1.82, 2.24) is 15.3 Å². The van der Waals surface area contributed by atoms with Gasteiger partial charge in [-0.1, -0.05) is 6.92 Å². The van der Waals surface area contributed by atoms with Crippen LogP contribution in [0.1, 0.15) is 41.2 Å². The first kappa shape index (κ1) is 13.2. The normalized spacial score (nSPS) is 12.6. The summed E-state index contributed by atoms with van der Waals surface area (Å²) < 4.78 is 0. The van der Waals surface area contributed by atoms with Crippen molar-refractivity contribution in [2.24, 2.45) is 0 Å². The zero-order valence-corrected chi connectivity index (χ0v) is 11.9. The molecule has 1 atom stereocenters. The molecule has 0 aliphatic carbocycles. The Labute approximate surface area is 112 Å². The molecule has 96 valence electrons. The van der Waals surface area contributed by atoms with Crippen molar-refractivity contribution in [2.75, 3.05) is 6.54 Å². The lowest BCUT2D eigenvalue weighted by Crippen LogP contribution is -2.23. The molecule has 1 unspecified atom stereocenters. The lowest BCUT2D eigenvalue weighted by Gasteiger charge is -2.16. The van der Waals surface area contributed by atoms with Crippen LogP contribution in [0.5, 0.6) is 0 Å². The molecule has 0 radical (unpaired) electrons. The minimum atomic E-state index is 0.156. The Hall–Kier alpha value is -1.26. The van der Waals surface area contributed by atoms with Crippen LogP contribution in [0.4, 0.5) is 0 Å². The molecule has 0 aliphatic heterocycles. The first-order chi connectivity index (χ1) is 8.70. The first-order valence-corrected chi connectivity index (χ1v) is 7.15. The zero-order chi connectivity index (χ0) is 13.0. The monoisotopic (exact) mass is 261 g/mol. The summed E-state index contributed by atoms with van der Waals surface area (Å²) in [5, 5.41) is 5.74. The average Bonchev–Trinajstić information content (AvgIpc) is 2.78. The lowest BCUT2D eigenvalue weighted by molar-refractivity contribution is 0.585. The molecule has 0 saturated carbocycles. The van der Waals surface area contributed by atoms with Gasteiger partial charge in [0.05, 0.1) is 23.6 Å². The maximum atomic E-state index is 4.50. The van der Waals surface area contributed by atoms with E-state index in [1.807, 2.05) is 19.3 Å². The van der Waals surface area contributed by atoms with Crippen molar-refractivity contribution in [1.29, 1.82) is 0 Å². The van der Waals surface area contributed by atoms with E-state index in [-0.39, 0.29) is 6.04 Å². The van der Waals surface area contributed by atoms with Crippen molar-refractivity contribution in [2.45, 2.75) is 33.2 Å². The van der Waals surface area contributed by atoms with Gasteiger partial charge in [-0.25, -0.2) is 0 Å². The minimum absolute atomic E-state index is 0.156. The zero-order valence-electron chi connectivity index (χ0n) is 11.1. The molecular weight excluding hydrogens is 242 g/mol. The van der Waals surface area contributed by atoms with Gasteiger partial charge in [0.25, 0.3) is 0 Å². The molecule has 2 heterocycles. The Morgan fingerprint density at radius 3 is 2.67 bits per heavy atom. The molecule has 4 heteroatoms. The Balaban J connectivity index is 2.27. The van der Waals surface area contributed by atoms with Crippen LogP contribution in [0.25, 0.3) is 0 Å². The van der Waals surface area contributed by atoms with E-state index in [1.54, 1.807) is 11.3 Å². The van der Waals surface area contributed by atoms with E-state index in [1.165, 1.54) is 10.4 Å². The van der Waals surface area contributed by atoms with Gasteiger partial charge in [0.1, 0.15) is 0 Å². The van der Waals surface area contributed by atoms with Gasteiger partial charge in [-0.2, -0.15) is 0 Å². The summed E-state index contributed by atoms with van der Waals surface area (Å²) in [7, 11) is 0. The maximum absolute atomic E-state index is 4.50. The molecule has 3 nitrogen and oxygen atoms in total. The van der Waals surface area contributed by atoms with Gasteiger partial charge in [-0.05, 0) is 43.8 Å².